The van der Waals surface area contributed by atoms with Crippen LogP contribution < -0.4 is 10.1 Å². The Morgan fingerprint density at radius 2 is 1.71 bits per heavy atom. The summed E-state index contributed by atoms with van der Waals surface area (Å²) in [5.41, 5.74) is -0.558. The number of carbonyl (C=O) groups is 1. The van der Waals surface area contributed by atoms with Crippen LogP contribution >= 0.6 is 0 Å². The van der Waals surface area contributed by atoms with Crippen molar-refractivity contribution in [2.75, 3.05) is 0 Å². The molecule has 2 aromatic rings. The third kappa shape index (κ3) is 4.75. The van der Waals surface area contributed by atoms with Crippen LogP contribution in [-0.4, -0.2) is 12.0 Å². The van der Waals surface area contributed by atoms with Crippen molar-refractivity contribution in [3.8, 4) is 5.75 Å². The molecule has 0 fully saturated rings. The lowest BCUT2D eigenvalue weighted by molar-refractivity contribution is -0.137. The van der Waals surface area contributed by atoms with E-state index in [0.29, 0.717) is 5.75 Å². The van der Waals surface area contributed by atoms with Gasteiger partial charge >= 0.3 is 6.18 Å². The number of alkyl halides is 3. The Kier molecular flexibility index (Phi) is 5.49. The van der Waals surface area contributed by atoms with Gasteiger partial charge in [-0.3, -0.25) is 4.79 Å². The van der Waals surface area contributed by atoms with Gasteiger partial charge in [0.2, 0.25) is 0 Å². The van der Waals surface area contributed by atoms with Gasteiger partial charge in [0.1, 0.15) is 5.75 Å². The highest BCUT2D eigenvalue weighted by Crippen LogP contribution is 2.31. The summed E-state index contributed by atoms with van der Waals surface area (Å²) in [6.45, 7) is 3.95. The van der Waals surface area contributed by atoms with Gasteiger partial charge in [0.05, 0.1) is 17.2 Å². The van der Waals surface area contributed by atoms with Gasteiger partial charge in [-0.25, -0.2) is 0 Å². The molecule has 0 heterocycles. The highest BCUT2D eigenvalue weighted by atomic mass is 19.4. The average molecular weight is 337 g/mol. The van der Waals surface area contributed by atoms with E-state index in [0.717, 1.165) is 17.7 Å². The molecule has 0 saturated carbocycles. The van der Waals surface area contributed by atoms with E-state index < -0.39 is 17.6 Å². The summed E-state index contributed by atoms with van der Waals surface area (Å²) in [5.74, 6) is -0.0621. The number of rotatable bonds is 5. The molecule has 0 unspecified atom stereocenters. The molecule has 0 aliphatic rings. The van der Waals surface area contributed by atoms with E-state index in [1.807, 2.05) is 13.8 Å². The lowest BCUT2D eigenvalue weighted by Crippen LogP contribution is -2.25. The number of benzene rings is 2. The van der Waals surface area contributed by atoms with Crippen LogP contribution in [0.15, 0.2) is 48.5 Å². The first-order chi connectivity index (χ1) is 11.3. The summed E-state index contributed by atoms with van der Waals surface area (Å²) >= 11 is 0. The van der Waals surface area contributed by atoms with Crippen LogP contribution in [0, 0.1) is 0 Å². The van der Waals surface area contributed by atoms with Crippen molar-refractivity contribution in [3.63, 3.8) is 0 Å². The molecular formula is C18H18F3NO2. The Hall–Kier alpha value is -2.50. The SMILES string of the molecule is CC(C)Oc1ccc(CNC(=O)c2ccccc2C(F)(F)F)cc1. The minimum atomic E-state index is -4.57. The van der Waals surface area contributed by atoms with E-state index in [9.17, 15) is 18.0 Å². The second-order valence-corrected chi connectivity index (χ2v) is 5.54. The summed E-state index contributed by atoms with van der Waals surface area (Å²) in [4.78, 5) is 12.1. The summed E-state index contributed by atoms with van der Waals surface area (Å²) in [6.07, 6.45) is -4.52. The van der Waals surface area contributed by atoms with Crippen molar-refractivity contribution in [2.45, 2.75) is 32.7 Å². The number of hydrogen-bond acceptors (Lipinski definition) is 2. The molecule has 3 nitrogen and oxygen atoms in total. The maximum Gasteiger partial charge on any atom is 0.417 e. The molecule has 128 valence electrons. The van der Waals surface area contributed by atoms with Crippen molar-refractivity contribution in [1.29, 1.82) is 0 Å². The van der Waals surface area contributed by atoms with Crippen LogP contribution in [0.4, 0.5) is 13.2 Å². The predicted molar refractivity (Wildman–Crippen MR) is 84.8 cm³/mol. The Bertz CT molecular complexity index is 694. The maximum atomic E-state index is 12.9. The molecular weight excluding hydrogens is 319 g/mol. The van der Waals surface area contributed by atoms with Crippen molar-refractivity contribution in [2.24, 2.45) is 0 Å². The van der Waals surface area contributed by atoms with Gasteiger partial charge in [-0.15, -0.1) is 0 Å². The molecule has 2 aromatic carbocycles. The molecule has 1 N–H and O–H groups in total. The van der Waals surface area contributed by atoms with E-state index >= 15 is 0 Å². The maximum absolute atomic E-state index is 12.9. The monoisotopic (exact) mass is 337 g/mol. The number of hydrogen-bond donors (Lipinski definition) is 1. The minimum Gasteiger partial charge on any atom is -0.491 e. The molecule has 6 heteroatoms. The molecule has 0 spiro atoms. The smallest absolute Gasteiger partial charge is 0.417 e. The normalized spacial score (nSPS) is 11.4. The molecule has 1 amide bonds. The second-order valence-electron chi connectivity index (χ2n) is 5.54. The quantitative estimate of drug-likeness (QED) is 0.877. The predicted octanol–water partition coefficient (Wildman–Crippen LogP) is 4.42. The van der Waals surface area contributed by atoms with E-state index in [-0.39, 0.29) is 18.2 Å². The first kappa shape index (κ1) is 17.8. The summed E-state index contributed by atoms with van der Waals surface area (Å²) in [5, 5.41) is 2.51. The van der Waals surface area contributed by atoms with Crippen LogP contribution in [-0.2, 0) is 12.7 Å². The van der Waals surface area contributed by atoms with Crippen LogP contribution in [0.25, 0.3) is 0 Å². The van der Waals surface area contributed by atoms with Gasteiger partial charge in [-0.2, -0.15) is 13.2 Å². The summed E-state index contributed by atoms with van der Waals surface area (Å²) < 4.78 is 44.3. The van der Waals surface area contributed by atoms with E-state index in [4.69, 9.17) is 4.74 Å². The number of amides is 1. The number of carbonyl (C=O) groups excluding carboxylic acids is 1. The van der Waals surface area contributed by atoms with Crippen LogP contribution in [0.1, 0.15) is 35.3 Å². The number of halogens is 3. The zero-order valence-corrected chi connectivity index (χ0v) is 13.4. The lowest BCUT2D eigenvalue weighted by Gasteiger charge is -2.13. The standard InChI is InChI=1S/C18H18F3NO2/c1-12(2)24-14-9-7-13(8-10-14)11-22-17(23)15-5-3-4-6-16(15)18(19,20)21/h3-10,12H,11H2,1-2H3,(H,22,23). The van der Waals surface area contributed by atoms with E-state index in [1.54, 1.807) is 24.3 Å². The van der Waals surface area contributed by atoms with Gasteiger partial charge in [-0.1, -0.05) is 24.3 Å². The number of ether oxygens (including phenoxy) is 1. The molecule has 0 bridgehead atoms. The lowest BCUT2D eigenvalue weighted by atomic mass is 10.1. The molecule has 0 aliphatic heterocycles. The van der Waals surface area contributed by atoms with E-state index in [2.05, 4.69) is 5.32 Å². The Labute approximate surface area is 138 Å². The number of nitrogens with one attached hydrogen (secondary N) is 1. The van der Waals surface area contributed by atoms with Gasteiger partial charge in [0, 0.05) is 6.54 Å². The molecule has 24 heavy (non-hydrogen) atoms. The van der Waals surface area contributed by atoms with Gasteiger partial charge in [0.25, 0.3) is 5.91 Å². The molecule has 0 aromatic heterocycles. The topological polar surface area (TPSA) is 38.3 Å². The third-order valence-corrected chi connectivity index (χ3v) is 3.23. The van der Waals surface area contributed by atoms with Gasteiger partial charge in [-0.05, 0) is 43.7 Å². The van der Waals surface area contributed by atoms with Crippen LogP contribution in [0.3, 0.4) is 0 Å². The molecule has 2 rings (SSSR count). The summed E-state index contributed by atoms with van der Waals surface area (Å²) in [6, 6.07) is 11.7. The van der Waals surface area contributed by atoms with Crippen LogP contribution in [0.5, 0.6) is 5.75 Å². The average Bonchev–Trinajstić information content (AvgIpc) is 2.52. The first-order valence-corrected chi connectivity index (χ1v) is 7.47. The Morgan fingerprint density at radius 1 is 1.08 bits per heavy atom. The van der Waals surface area contributed by atoms with Gasteiger partial charge < -0.3 is 10.1 Å². The zero-order valence-electron chi connectivity index (χ0n) is 13.4. The van der Waals surface area contributed by atoms with Gasteiger partial charge in [0.15, 0.2) is 0 Å². The van der Waals surface area contributed by atoms with E-state index in [1.165, 1.54) is 12.1 Å². The first-order valence-electron chi connectivity index (χ1n) is 7.47. The fraction of sp³-hybridized carbons (Fsp3) is 0.278. The zero-order chi connectivity index (χ0) is 17.7. The van der Waals surface area contributed by atoms with Crippen LogP contribution in [0.2, 0.25) is 0 Å². The Morgan fingerprint density at radius 3 is 2.29 bits per heavy atom. The Balaban J connectivity index is 2.04. The van der Waals surface area contributed by atoms with Crippen molar-refractivity contribution >= 4 is 5.91 Å². The van der Waals surface area contributed by atoms with Crippen molar-refractivity contribution < 1.29 is 22.7 Å². The highest BCUT2D eigenvalue weighted by molar-refractivity contribution is 5.95. The summed E-state index contributed by atoms with van der Waals surface area (Å²) in [7, 11) is 0. The van der Waals surface area contributed by atoms with Crippen molar-refractivity contribution in [3.05, 3.63) is 65.2 Å². The second kappa shape index (κ2) is 7.38. The highest BCUT2D eigenvalue weighted by Gasteiger charge is 2.34. The third-order valence-electron chi connectivity index (χ3n) is 3.23. The minimum absolute atomic E-state index is 0.0504. The molecule has 0 saturated heterocycles. The fourth-order valence-corrected chi connectivity index (χ4v) is 2.16. The molecule has 0 aliphatic carbocycles. The fourth-order valence-electron chi connectivity index (χ4n) is 2.16. The van der Waals surface area contributed by atoms with Crippen molar-refractivity contribution in [1.82, 2.24) is 5.32 Å². The molecule has 0 radical (unpaired) electrons. The molecule has 0 atom stereocenters. The largest absolute Gasteiger partial charge is 0.491 e.